The van der Waals surface area contributed by atoms with E-state index in [4.69, 9.17) is 18.9 Å². The zero-order chi connectivity index (χ0) is 30.1. The van der Waals surface area contributed by atoms with E-state index in [0.29, 0.717) is 0 Å². The molecule has 4 heteroatoms. The molecular formula is C40H16O4. The van der Waals surface area contributed by atoms with Gasteiger partial charge in [0.05, 0.1) is 0 Å². The summed E-state index contributed by atoms with van der Waals surface area (Å²) in [5.41, 5.74) is 6.01. The Morgan fingerprint density at radius 1 is 0.205 bits per heavy atom. The van der Waals surface area contributed by atoms with E-state index in [2.05, 4.69) is 96.2 Å². The Bertz CT molecular complexity index is 1690. The third-order valence-electron chi connectivity index (χ3n) is 5.51. The normalized spacial score (nSPS) is 10.5. The van der Waals surface area contributed by atoms with Gasteiger partial charge in [0.25, 0.3) is 0 Å². The first-order chi connectivity index (χ1) is 21.8. The Labute approximate surface area is 256 Å². The van der Waals surface area contributed by atoms with Crippen molar-refractivity contribution < 1.29 is 18.9 Å². The molecule has 4 aromatic rings. The molecule has 0 atom stereocenters. The van der Waals surface area contributed by atoms with Crippen LogP contribution in [-0.4, -0.2) is 0 Å². The Morgan fingerprint density at radius 3 is 0.432 bits per heavy atom. The van der Waals surface area contributed by atoms with Crippen LogP contribution < -0.4 is 0 Å². The Kier molecular flexibility index (Phi) is 9.82. The number of rotatable bonds is 0. The zero-order valence-corrected chi connectivity index (χ0v) is 22.9. The minimum Gasteiger partial charge on any atom is -0.356 e. The quantitative estimate of drug-likeness (QED) is 0.272. The van der Waals surface area contributed by atoms with Crippen molar-refractivity contribution in [2.45, 2.75) is 0 Å². The van der Waals surface area contributed by atoms with Crippen molar-refractivity contribution in [2.24, 2.45) is 0 Å². The van der Waals surface area contributed by atoms with E-state index < -0.39 is 0 Å². The van der Waals surface area contributed by atoms with Crippen molar-refractivity contribution in [3.63, 3.8) is 0 Å². The Balaban J connectivity index is 1.31. The van der Waals surface area contributed by atoms with Crippen LogP contribution in [-0.2, 0) is 18.9 Å². The standard InChI is InChI=1S/C40H16O4/c1-2-34-4-3-33(1)17-25-41-27-19-35-5-7-37(8-6-35)21-29-43-31-23-39-13-15-40(16-14-39)24-32-44-30-22-38-11-9-36(10-12-38)20-28-42-26-18-34/h1-16H. The number of hydrogen-bond donors (Lipinski definition) is 0. The second kappa shape index (κ2) is 15.4. The summed E-state index contributed by atoms with van der Waals surface area (Å²) in [5, 5.41) is 0. The van der Waals surface area contributed by atoms with Gasteiger partial charge in [-0.1, -0.05) is 0 Å². The van der Waals surface area contributed by atoms with Gasteiger partial charge >= 0.3 is 0 Å². The molecule has 7 aliphatic heterocycles. The van der Waals surface area contributed by atoms with Crippen molar-refractivity contribution in [1.82, 2.24) is 0 Å². The lowest BCUT2D eigenvalue weighted by Crippen LogP contribution is -1.80. The van der Waals surface area contributed by atoms with Gasteiger partial charge in [-0.05, 0) is 144 Å². The van der Waals surface area contributed by atoms with Crippen LogP contribution in [0.25, 0.3) is 0 Å². The molecule has 0 unspecified atom stereocenters. The summed E-state index contributed by atoms with van der Waals surface area (Å²) >= 11 is 0. The van der Waals surface area contributed by atoms with Gasteiger partial charge in [-0.2, -0.15) is 0 Å². The predicted molar refractivity (Wildman–Crippen MR) is 165 cm³/mol. The van der Waals surface area contributed by atoms with Crippen LogP contribution in [0.5, 0.6) is 0 Å². The van der Waals surface area contributed by atoms with Gasteiger partial charge in [-0.25, -0.2) is 0 Å². The van der Waals surface area contributed by atoms with E-state index in [1.165, 1.54) is 0 Å². The van der Waals surface area contributed by atoms with E-state index in [1.54, 1.807) is 0 Å². The van der Waals surface area contributed by atoms with E-state index in [-0.39, 0.29) is 0 Å². The van der Waals surface area contributed by atoms with Crippen LogP contribution in [0.15, 0.2) is 97.1 Å². The molecular weight excluding hydrogens is 544 g/mol. The highest BCUT2D eigenvalue weighted by atomic mass is 16.5. The highest BCUT2D eigenvalue weighted by Gasteiger charge is 1.92. The summed E-state index contributed by atoms with van der Waals surface area (Å²) in [5.74, 6) is 23.1. The van der Waals surface area contributed by atoms with Gasteiger partial charge in [0.15, 0.2) is 0 Å². The fourth-order valence-corrected chi connectivity index (χ4v) is 3.33. The zero-order valence-electron chi connectivity index (χ0n) is 22.9. The largest absolute Gasteiger partial charge is 0.356 e. The molecule has 0 aromatic heterocycles. The van der Waals surface area contributed by atoms with Crippen LogP contribution in [0.2, 0.25) is 0 Å². The molecule has 44 heavy (non-hydrogen) atoms. The fourth-order valence-electron chi connectivity index (χ4n) is 3.33. The number of benzene rings is 4. The first kappa shape index (κ1) is 28.1. The van der Waals surface area contributed by atoms with Crippen LogP contribution >= 0.6 is 0 Å². The molecule has 7 aliphatic rings. The topological polar surface area (TPSA) is 36.9 Å². The monoisotopic (exact) mass is 560 g/mol. The highest BCUT2D eigenvalue weighted by molar-refractivity contribution is 5.45. The minimum atomic E-state index is 0.752. The second-order valence-corrected chi connectivity index (χ2v) is 8.53. The number of hydrogen-bond acceptors (Lipinski definition) is 4. The maximum Gasteiger partial charge on any atom is 0.135 e. The lowest BCUT2D eigenvalue weighted by Gasteiger charge is -1.92. The summed E-state index contributed by atoms with van der Waals surface area (Å²) in [4.78, 5) is 0. The van der Waals surface area contributed by atoms with Crippen molar-refractivity contribution in [3.05, 3.63) is 142 Å². The molecule has 0 saturated carbocycles. The average Bonchev–Trinajstić information content (AvgIpc) is 3.06. The van der Waals surface area contributed by atoms with Gasteiger partial charge in [-0.15, -0.1) is 0 Å². The molecule has 11 rings (SSSR count). The van der Waals surface area contributed by atoms with Crippen molar-refractivity contribution in [2.75, 3.05) is 0 Å². The van der Waals surface area contributed by atoms with E-state index in [9.17, 15) is 0 Å². The molecule has 8 bridgehead atoms. The van der Waals surface area contributed by atoms with Crippen LogP contribution in [0.3, 0.4) is 0 Å². The first-order valence-electron chi connectivity index (χ1n) is 12.9. The summed E-state index contributed by atoms with van der Waals surface area (Å²) in [6.07, 6.45) is 20.6. The SMILES string of the molecule is C1#Cc2ccc(cc2)C#COC#Cc2ccc(cc2)C#COC#Cc2ccc(cc2)C#COC#Cc2ccc(cc2)C#CO1. The average molecular weight is 561 g/mol. The van der Waals surface area contributed by atoms with Crippen LogP contribution in [0.4, 0.5) is 0 Å². The maximum absolute atomic E-state index is 5.13. The van der Waals surface area contributed by atoms with Crippen LogP contribution in [0, 0.1) is 96.2 Å². The summed E-state index contributed by atoms with van der Waals surface area (Å²) in [7, 11) is 0. The summed E-state index contributed by atoms with van der Waals surface area (Å²) in [6.45, 7) is 0. The maximum atomic E-state index is 5.13. The van der Waals surface area contributed by atoms with Gasteiger partial charge in [0.2, 0.25) is 0 Å². The number of ether oxygens (including phenoxy) is 4. The Hall–Kier alpha value is -7.44. The molecule has 4 aromatic carbocycles. The summed E-state index contributed by atoms with van der Waals surface area (Å²) < 4.78 is 20.5. The lowest BCUT2D eigenvalue weighted by atomic mass is 10.1. The molecule has 0 radical (unpaired) electrons. The minimum absolute atomic E-state index is 0.752. The lowest BCUT2D eigenvalue weighted by molar-refractivity contribution is 0.479. The van der Waals surface area contributed by atoms with E-state index >= 15 is 0 Å². The molecule has 0 fully saturated rings. The van der Waals surface area contributed by atoms with Gasteiger partial charge < -0.3 is 18.9 Å². The molecule has 200 valence electrons. The smallest absolute Gasteiger partial charge is 0.135 e. The molecule has 0 aliphatic carbocycles. The Morgan fingerprint density at radius 2 is 0.318 bits per heavy atom. The molecule has 7 heterocycles. The molecule has 0 saturated heterocycles. The van der Waals surface area contributed by atoms with E-state index in [0.717, 1.165) is 44.5 Å². The van der Waals surface area contributed by atoms with E-state index in [1.807, 2.05) is 97.1 Å². The third kappa shape index (κ3) is 9.34. The van der Waals surface area contributed by atoms with Crippen molar-refractivity contribution >= 4 is 0 Å². The second-order valence-electron chi connectivity index (χ2n) is 8.53. The molecule has 4 nitrogen and oxygen atoms in total. The third-order valence-corrected chi connectivity index (χ3v) is 5.51. The summed E-state index contributed by atoms with van der Waals surface area (Å²) in [6, 6.07) is 29.1. The molecule has 0 amide bonds. The van der Waals surface area contributed by atoms with Crippen molar-refractivity contribution in [1.29, 1.82) is 0 Å². The van der Waals surface area contributed by atoms with Gasteiger partial charge in [0.1, 0.15) is 48.9 Å². The van der Waals surface area contributed by atoms with Gasteiger partial charge in [-0.3, -0.25) is 0 Å². The van der Waals surface area contributed by atoms with Crippen LogP contribution in [0.1, 0.15) is 44.5 Å². The first-order valence-corrected chi connectivity index (χ1v) is 12.9. The predicted octanol–water partition coefficient (Wildman–Crippen LogP) is 5.34. The fraction of sp³-hybridized carbons (Fsp3) is 0. The molecule has 0 spiro atoms. The van der Waals surface area contributed by atoms with Gasteiger partial charge in [0, 0.05) is 44.5 Å². The highest BCUT2D eigenvalue weighted by Crippen LogP contribution is 2.05. The molecule has 0 N–H and O–H groups in total. The van der Waals surface area contributed by atoms with Crippen molar-refractivity contribution in [3.8, 4) is 96.2 Å².